The summed E-state index contributed by atoms with van der Waals surface area (Å²) < 4.78 is 5.53. The van der Waals surface area contributed by atoms with Crippen LogP contribution in [-0.2, 0) is 17.6 Å². The third-order valence-corrected chi connectivity index (χ3v) is 6.57. The van der Waals surface area contributed by atoms with E-state index in [-0.39, 0.29) is 29.3 Å². The SMILES string of the molecule is Cc1cc(CCc2c[nH]c3ccccc23)oc(=O)c1C(=O)N1CC[C@@H]2CC(=O)N[C@@H]2C1. The molecule has 31 heavy (non-hydrogen) atoms. The van der Waals surface area contributed by atoms with Gasteiger partial charge in [-0.25, -0.2) is 4.79 Å². The Labute approximate surface area is 179 Å². The van der Waals surface area contributed by atoms with Crippen molar-refractivity contribution in [2.75, 3.05) is 13.1 Å². The number of H-pyrrole nitrogens is 1. The lowest BCUT2D eigenvalue weighted by Gasteiger charge is -2.34. The summed E-state index contributed by atoms with van der Waals surface area (Å²) in [5, 5.41) is 4.10. The number of carbonyl (C=O) groups excluding carboxylic acids is 2. The fourth-order valence-electron chi connectivity index (χ4n) is 4.90. The highest BCUT2D eigenvalue weighted by Gasteiger charge is 2.39. The van der Waals surface area contributed by atoms with Gasteiger partial charge in [0, 0.05) is 49.1 Å². The molecule has 5 rings (SSSR count). The number of benzene rings is 1. The molecule has 7 nitrogen and oxygen atoms in total. The number of likely N-dealkylation sites (tertiary alicyclic amines) is 1. The van der Waals surface area contributed by atoms with Gasteiger partial charge in [-0.1, -0.05) is 18.2 Å². The van der Waals surface area contributed by atoms with Crippen LogP contribution in [-0.4, -0.2) is 40.8 Å². The summed E-state index contributed by atoms with van der Waals surface area (Å²) in [4.78, 5) is 42.3. The Bertz CT molecular complexity index is 1230. The first kappa shape index (κ1) is 19.6. The number of aromatic amines is 1. The average molecular weight is 419 g/mol. The minimum absolute atomic E-state index is 0.0204. The largest absolute Gasteiger partial charge is 0.427 e. The van der Waals surface area contributed by atoms with Gasteiger partial charge in [0.05, 0.1) is 0 Å². The van der Waals surface area contributed by atoms with Gasteiger partial charge in [0.25, 0.3) is 5.91 Å². The molecular weight excluding hydrogens is 394 g/mol. The highest BCUT2D eigenvalue weighted by Crippen LogP contribution is 2.27. The van der Waals surface area contributed by atoms with E-state index in [1.54, 1.807) is 17.9 Å². The predicted octanol–water partition coefficient (Wildman–Crippen LogP) is 2.57. The Kier molecular flexibility index (Phi) is 4.88. The van der Waals surface area contributed by atoms with Crippen LogP contribution < -0.4 is 10.9 Å². The van der Waals surface area contributed by atoms with E-state index in [9.17, 15) is 14.4 Å². The van der Waals surface area contributed by atoms with Crippen LogP contribution in [0.3, 0.4) is 0 Å². The molecule has 7 heteroatoms. The molecule has 1 aromatic carbocycles. The van der Waals surface area contributed by atoms with E-state index in [4.69, 9.17) is 4.42 Å². The number of para-hydroxylation sites is 1. The van der Waals surface area contributed by atoms with Crippen molar-refractivity contribution in [3.8, 4) is 0 Å². The molecule has 2 N–H and O–H groups in total. The Hall–Kier alpha value is -3.35. The fraction of sp³-hybridized carbons (Fsp3) is 0.375. The molecule has 2 atom stereocenters. The number of nitrogens with one attached hydrogen (secondary N) is 2. The van der Waals surface area contributed by atoms with E-state index in [0.717, 1.165) is 29.3 Å². The molecule has 3 aromatic rings. The molecule has 2 saturated heterocycles. The zero-order chi connectivity index (χ0) is 21.5. The molecule has 2 fully saturated rings. The molecule has 0 bridgehead atoms. The third-order valence-electron chi connectivity index (χ3n) is 6.57. The molecule has 2 aliphatic rings. The quantitative estimate of drug-likeness (QED) is 0.679. The summed E-state index contributed by atoms with van der Waals surface area (Å²) in [5.74, 6) is 0.584. The fourth-order valence-corrected chi connectivity index (χ4v) is 4.90. The van der Waals surface area contributed by atoms with E-state index in [2.05, 4.69) is 16.4 Å². The first-order valence-corrected chi connectivity index (χ1v) is 10.8. The first-order chi connectivity index (χ1) is 15.0. The molecular formula is C24H25N3O4. The molecule has 0 saturated carbocycles. The van der Waals surface area contributed by atoms with Crippen molar-refractivity contribution >= 4 is 22.7 Å². The van der Waals surface area contributed by atoms with Crippen LogP contribution in [0.4, 0.5) is 0 Å². The topological polar surface area (TPSA) is 95.4 Å². The number of aromatic nitrogens is 1. The van der Waals surface area contributed by atoms with E-state index < -0.39 is 5.63 Å². The number of nitrogens with zero attached hydrogens (tertiary/aromatic N) is 1. The van der Waals surface area contributed by atoms with E-state index in [1.807, 2.05) is 24.4 Å². The molecule has 0 unspecified atom stereocenters. The summed E-state index contributed by atoms with van der Waals surface area (Å²) in [7, 11) is 0. The number of hydrogen-bond donors (Lipinski definition) is 2. The maximum Gasteiger partial charge on any atom is 0.349 e. The molecule has 160 valence electrons. The summed E-state index contributed by atoms with van der Waals surface area (Å²) in [6.07, 6.45) is 4.58. The van der Waals surface area contributed by atoms with E-state index in [1.165, 1.54) is 0 Å². The third kappa shape index (κ3) is 3.65. The molecule has 2 aliphatic heterocycles. The number of hydrogen-bond acceptors (Lipinski definition) is 4. The van der Waals surface area contributed by atoms with Gasteiger partial charge in [0.1, 0.15) is 11.3 Å². The highest BCUT2D eigenvalue weighted by molar-refractivity contribution is 5.95. The minimum atomic E-state index is -0.587. The van der Waals surface area contributed by atoms with Crippen molar-refractivity contribution in [3.05, 3.63) is 69.4 Å². The van der Waals surface area contributed by atoms with Crippen molar-refractivity contribution in [2.45, 2.75) is 38.6 Å². The number of piperidine rings is 1. The van der Waals surface area contributed by atoms with Crippen LogP contribution in [0.1, 0.15) is 40.1 Å². The van der Waals surface area contributed by atoms with Crippen LogP contribution in [0, 0.1) is 12.8 Å². The van der Waals surface area contributed by atoms with Crippen LogP contribution in [0.2, 0.25) is 0 Å². The van der Waals surface area contributed by atoms with Crippen molar-refractivity contribution in [1.29, 1.82) is 0 Å². The standard InChI is InChI=1S/C24H25N3O4/c1-14-10-17(7-6-16-12-25-19-5-3-2-4-18(16)19)31-24(30)22(14)23(29)27-9-8-15-11-21(28)26-20(15)13-27/h2-5,10,12,15,20,25H,6-9,11,13H2,1H3,(H,26,28)/t15-,20-/m1/s1. The molecule has 2 amide bonds. The van der Waals surface area contributed by atoms with Gasteiger partial charge in [0.2, 0.25) is 5.91 Å². The Morgan fingerprint density at radius 1 is 1.23 bits per heavy atom. The molecule has 0 aliphatic carbocycles. The molecule has 4 heterocycles. The first-order valence-electron chi connectivity index (χ1n) is 10.8. The Morgan fingerprint density at radius 2 is 2.06 bits per heavy atom. The van der Waals surface area contributed by atoms with Crippen LogP contribution >= 0.6 is 0 Å². The highest BCUT2D eigenvalue weighted by atomic mass is 16.4. The zero-order valence-electron chi connectivity index (χ0n) is 17.4. The maximum atomic E-state index is 13.1. The minimum Gasteiger partial charge on any atom is -0.427 e. The van der Waals surface area contributed by atoms with Crippen molar-refractivity contribution < 1.29 is 14.0 Å². The number of amides is 2. The van der Waals surface area contributed by atoms with Crippen molar-refractivity contribution in [1.82, 2.24) is 15.2 Å². The van der Waals surface area contributed by atoms with Crippen LogP contribution in [0.5, 0.6) is 0 Å². The average Bonchev–Trinajstić information content (AvgIpc) is 3.33. The molecule has 2 aromatic heterocycles. The lowest BCUT2D eigenvalue weighted by atomic mass is 9.92. The second-order valence-electron chi connectivity index (χ2n) is 8.60. The monoisotopic (exact) mass is 419 g/mol. The maximum absolute atomic E-state index is 13.1. The number of rotatable bonds is 4. The normalized spacial score (nSPS) is 20.7. The second-order valence-corrected chi connectivity index (χ2v) is 8.60. The molecule has 0 spiro atoms. The van der Waals surface area contributed by atoms with E-state index >= 15 is 0 Å². The number of carbonyl (C=O) groups is 2. The lowest BCUT2D eigenvalue weighted by molar-refractivity contribution is -0.119. The molecule has 0 radical (unpaired) electrons. The van der Waals surface area contributed by atoms with Crippen LogP contribution in [0.15, 0.2) is 45.7 Å². The van der Waals surface area contributed by atoms with Crippen LogP contribution in [0.25, 0.3) is 10.9 Å². The lowest BCUT2D eigenvalue weighted by Crippen LogP contribution is -2.50. The summed E-state index contributed by atoms with van der Waals surface area (Å²) >= 11 is 0. The van der Waals surface area contributed by atoms with E-state index in [0.29, 0.717) is 37.3 Å². The number of fused-ring (bicyclic) bond motifs is 2. The van der Waals surface area contributed by atoms with Gasteiger partial charge >= 0.3 is 5.63 Å². The summed E-state index contributed by atoms with van der Waals surface area (Å²) in [6.45, 7) is 2.77. The summed E-state index contributed by atoms with van der Waals surface area (Å²) in [6, 6.07) is 9.87. The number of aryl methyl sites for hydroxylation is 3. The second kappa shape index (κ2) is 7.72. The van der Waals surface area contributed by atoms with Gasteiger partial charge < -0.3 is 19.6 Å². The van der Waals surface area contributed by atoms with Gasteiger partial charge in [-0.3, -0.25) is 9.59 Å². The summed E-state index contributed by atoms with van der Waals surface area (Å²) in [5.41, 5.74) is 2.39. The van der Waals surface area contributed by atoms with Gasteiger partial charge in [-0.2, -0.15) is 0 Å². The predicted molar refractivity (Wildman–Crippen MR) is 116 cm³/mol. The Morgan fingerprint density at radius 3 is 2.90 bits per heavy atom. The van der Waals surface area contributed by atoms with Crippen molar-refractivity contribution in [2.24, 2.45) is 5.92 Å². The van der Waals surface area contributed by atoms with Gasteiger partial charge in [-0.15, -0.1) is 0 Å². The van der Waals surface area contributed by atoms with Crippen molar-refractivity contribution in [3.63, 3.8) is 0 Å². The Balaban J connectivity index is 1.31. The van der Waals surface area contributed by atoms with Gasteiger partial charge in [0.15, 0.2) is 0 Å². The van der Waals surface area contributed by atoms with Gasteiger partial charge in [-0.05, 0) is 48.9 Å². The smallest absolute Gasteiger partial charge is 0.349 e. The zero-order valence-corrected chi connectivity index (χ0v) is 17.4.